The minimum absolute atomic E-state index is 0.151. The van der Waals surface area contributed by atoms with E-state index < -0.39 is 0 Å². The first kappa shape index (κ1) is 16.0. The van der Waals surface area contributed by atoms with Gasteiger partial charge in [-0.25, -0.2) is 0 Å². The number of hydrogen-bond donors (Lipinski definition) is 1. The van der Waals surface area contributed by atoms with E-state index in [1.807, 2.05) is 18.2 Å². The Morgan fingerprint density at radius 3 is 2.48 bits per heavy atom. The summed E-state index contributed by atoms with van der Waals surface area (Å²) in [4.78, 5) is 4.67. The fourth-order valence-corrected chi connectivity index (χ4v) is 3.01. The third kappa shape index (κ3) is 4.53. The van der Waals surface area contributed by atoms with Gasteiger partial charge >= 0.3 is 0 Å². The number of aliphatic hydroxyl groups is 1. The molecule has 1 aliphatic rings. The first-order valence-electron chi connectivity index (χ1n) is 7.64. The number of hydrogen-bond acceptors (Lipinski definition) is 3. The quantitative estimate of drug-likeness (QED) is 0.779. The van der Waals surface area contributed by atoms with Crippen LogP contribution in [0.2, 0.25) is 0 Å². The molecule has 1 saturated heterocycles. The summed E-state index contributed by atoms with van der Waals surface area (Å²) in [6.45, 7) is 12.0. The van der Waals surface area contributed by atoms with E-state index in [2.05, 4.69) is 47.2 Å². The summed E-state index contributed by atoms with van der Waals surface area (Å²) >= 11 is 0. The van der Waals surface area contributed by atoms with Gasteiger partial charge in [-0.1, -0.05) is 42.5 Å². The fraction of sp³-hybridized carbons (Fsp3) is 0.444. The number of nitrogens with zero attached hydrogens (tertiary/aromatic N) is 2. The zero-order chi connectivity index (χ0) is 15.1. The van der Waals surface area contributed by atoms with Crippen LogP contribution in [0.25, 0.3) is 0 Å². The van der Waals surface area contributed by atoms with Crippen LogP contribution in [0.4, 0.5) is 0 Å². The lowest BCUT2D eigenvalue weighted by Crippen LogP contribution is -2.55. The van der Waals surface area contributed by atoms with Crippen LogP contribution in [-0.4, -0.2) is 53.2 Å². The molecule has 3 nitrogen and oxygen atoms in total. The molecule has 0 aromatic heterocycles. The van der Waals surface area contributed by atoms with E-state index in [4.69, 9.17) is 0 Å². The highest BCUT2D eigenvalue weighted by atomic mass is 16.3. The highest BCUT2D eigenvalue weighted by Gasteiger charge is 2.31. The third-order valence-electron chi connectivity index (χ3n) is 4.08. The van der Waals surface area contributed by atoms with Crippen LogP contribution in [0.5, 0.6) is 0 Å². The Bertz CT molecular complexity index is 436. The highest BCUT2D eigenvalue weighted by Crippen LogP contribution is 2.19. The molecule has 21 heavy (non-hydrogen) atoms. The van der Waals surface area contributed by atoms with Crippen molar-refractivity contribution < 1.29 is 5.11 Å². The topological polar surface area (TPSA) is 26.7 Å². The van der Waals surface area contributed by atoms with Crippen LogP contribution >= 0.6 is 0 Å². The Morgan fingerprint density at radius 2 is 1.86 bits per heavy atom. The van der Waals surface area contributed by atoms with Crippen molar-refractivity contribution in [1.82, 2.24) is 9.80 Å². The van der Waals surface area contributed by atoms with E-state index in [9.17, 15) is 5.11 Å². The van der Waals surface area contributed by atoms with Crippen molar-refractivity contribution in [2.24, 2.45) is 0 Å². The van der Waals surface area contributed by atoms with Gasteiger partial charge in [0.1, 0.15) is 0 Å². The summed E-state index contributed by atoms with van der Waals surface area (Å²) in [5.74, 6) is 0. The van der Waals surface area contributed by atoms with E-state index in [1.165, 1.54) is 5.56 Å². The maximum atomic E-state index is 10.3. The van der Waals surface area contributed by atoms with Gasteiger partial charge < -0.3 is 5.11 Å². The van der Waals surface area contributed by atoms with Crippen molar-refractivity contribution in [1.29, 1.82) is 0 Å². The Hall–Kier alpha value is -1.42. The van der Waals surface area contributed by atoms with Gasteiger partial charge in [0, 0.05) is 38.8 Å². The molecule has 0 saturated carbocycles. The van der Waals surface area contributed by atoms with E-state index in [1.54, 1.807) is 0 Å². The molecule has 0 radical (unpaired) electrons. The lowest BCUT2D eigenvalue weighted by molar-refractivity contribution is -0.00570. The molecule has 0 bridgehead atoms. The predicted octanol–water partition coefficient (Wildman–Crippen LogP) is 2.30. The molecule has 0 aliphatic carbocycles. The molecular weight excluding hydrogens is 260 g/mol. The summed E-state index contributed by atoms with van der Waals surface area (Å²) in [6.07, 6.45) is 4.35. The molecule has 2 atom stereocenters. The summed E-state index contributed by atoms with van der Waals surface area (Å²) in [5.41, 5.74) is 1.33. The van der Waals surface area contributed by atoms with Crippen molar-refractivity contribution in [3.63, 3.8) is 0 Å². The molecule has 114 valence electrons. The molecule has 3 heteroatoms. The third-order valence-corrected chi connectivity index (χ3v) is 4.08. The Labute approximate surface area is 128 Å². The lowest BCUT2D eigenvalue weighted by atomic mass is 9.99. The monoisotopic (exact) mass is 286 g/mol. The van der Waals surface area contributed by atoms with Gasteiger partial charge in [0.25, 0.3) is 0 Å². The van der Waals surface area contributed by atoms with Crippen LogP contribution in [0.1, 0.15) is 12.0 Å². The predicted molar refractivity (Wildman–Crippen MR) is 88.1 cm³/mol. The second-order valence-electron chi connectivity index (χ2n) is 5.68. The Morgan fingerprint density at radius 1 is 1.19 bits per heavy atom. The molecule has 1 aliphatic heterocycles. The van der Waals surface area contributed by atoms with Crippen LogP contribution in [0.15, 0.2) is 55.6 Å². The molecular formula is C18H26N2O. The molecule has 1 heterocycles. The normalized spacial score (nSPS) is 23.1. The van der Waals surface area contributed by atoms with E-state index in [0.29, 0.717) is 0 Å². The van der Waals surface area contributed by atoms with Crippen molar-refractivity contribution >= 4 is 0 Å². The average molecular weight is 286 g/mol. The largest absolute Gasteiger partial charge is 0.391 e. The van der Waals surface area contributed by atoms with E-state index in [0.717, 1.165) is 39.1 Å². The number of benzene rings is 1. The Kier molecular flexibility index (Phi) is 6.18. The Balaban J connectivity index is 2.00. The lowest BCUT2D eigenvalue weighted by Gasteiger charge is -2.41. The van der Waals surface area contributed by atoms with Crippen LogP contribution in [-0.2, 0) is 6.54 Å². The smallest absolute Gasteiger partial charge is 0.0720 e. The van der Waals surface area contributed by atoms with Crippen molar-refractivity contribution in [2.75, 3.05) is 26.2 Å². The number of rotatable bonds is 7. The van der Waals surface area contributed by atoms with E-state index in [-0.39, 0.29) is 12.1 Å². The molecule has 1 N–H and O–H groups in total. The maximum absolute atomic E-state index is 10.3. The fourth-order valence-electron chi connectivity index (χ4n) is 3.01. The van der Waals surface area contributed by atoms with Gasteiger partial charge in [0.2, 0.25) is 0 Å². The minimum Gasteiger partial charge on any atom is -0.391 e. The molecule has 0 spiro atoms. The van der Waals surface area contributed by atoms with Crippen molar-refractivity contribution in [3.8, 4) is 0 Å². The number of aliphatic hydroxyl groups excluding tert-OH is 1. The van der Waals surface area contributed by atoms with Gasteiger partial charge in [-0.2, -0.15) is 0 Å². The van der Waals surface area contributed by atoms with Crippen LogP contribution in [0, 0.1) is 0 Å². The van der Waals surface area contributed by atoms with Crippen molar-refractivity contribution in [2.45, 2.75) is 25.1 Å². The summed E-state index contributed by atoms with van der Waals surface area (Å²) in [5, 5.41) is 10.3. The average Bonchev–Trinajstić information content (AvgIpc) is 2.50. The van der Waals surface area contributed by atoms with Gasteiger partial charge in [0.15, 0.2) is 0 Å². The second kappa shape index (κ2) is 8.13. The summed E-state index contributed by atoms with van der Waals surface area (Å²) in [7, 11) is 0. The maximum Gasteiger partial charge on any atom is 0.0720 e. The second-order valence-corrected chi connectivity index (χ2v) is 5.68. The van der Waals surface area contributed by atoms with Crippen LogP contribution in [0.3, 0.4) is 0 Å². The summed E-state index contributed by atoms with van der Waals surface area (Å²) < 4.78 is 0. The van der Waals surface area contributed by atoms with E-state index >= 15 is 0 Å². The molecule has 0 unspecified atom stereocenters. The zero-order valence-electron chi connectivity index (χ0n) is 12.7. The zero-order valence-corrected chi connectivity index (χ0v) is 12.7. The van der Waals surface area contributed by atoms with Gasteiger partial charge in [-0.3, -0.25) is 9.80 Å². The van der Waals surface area contributed by atoms with Crippen molar-refractivity contribution in [3.05, 3.63) is 61.2 Å². The molecule has 1 aromatic carbocycles. The summed E-state index contributed by atoms with van der Waals surface area (Å²) in [6, 6.07) is 10.7. The molecule has 0 amide bonds. The van der Waals surface area contributed by atoms with Gasteiger partial charge in [0.05, 0.1) is 6.10 Å². The first-order valence-corrected chi connectivity index (χ1v) is 7.64. The SMILES string of the molecule is C=CCN(CC=C)[C@@H]1CN(Cc2ccccc2)CC[C@H]1O. The highest BCUT2D eigenvalue weighted by molar-refractivity contribution is 5.14. The van der Waals surface area contributed by atoms with Crippen LogP contribution < -0.4 is 0 Å². The minimum atomic E-state index is -0.267. The number of likely N-dealkylation sites (tertiary alicyclic amines) is 1. The number of piperidine rings is 1. The molecule has 2 rings (SSSR count). The van der Waals surface area contributed by atoms with Gasteiger partial charge in [-0.05, 0) is 12.0 Å². The standard InChI is InChI=1S/C18H26N2O/c1-3-11-20(12-4-2)17-15-19(13-10-18(17)21)14-16-8-6-5-7-9-16/h3-9,17-18,21H,1-2,10-15H2/t17-,18-/m1/s1. The van der Waals surface area contributed by atoms with Gasteiger partial charge in [-0.15, -0.1) is 13.2 Å². The first-order chi connectivity index (χ1) is 10.2. The molecule has 1 aromatic rings. The molecule has 1 fully saturated rings.